The number of halogens is 1. The first-order valence-electron chi connectivity index (χ1n) is 4.98. The summed E-state index contributed by atoms with van der Waals surface area (Å²) >= 11 is 0. The Balaban J connectivity index is 2.37. The van der Waals surface area contributed by atoms with Gasteiger partial charge in [-0.25, -0.2) is 4.39 Å². The Morgan fingerprint density at radius 2 is 1.94 bits per heavy atom. The van der Waals surface area contributed by atoms with Crippen LogP contribution in [0.4, 0.5) is 10.1 Å². The summed E-state index contributed by atoms with van der Waals surface area (Å²) in [6.45, 7) is 0.256. The second-order valence-electron chi connectivity index (χ2n) is 3.84. The number of aliphatic hydroxyl groups is 2. The Kier molecular flexibility index (Phi) is 2.89. The van der Waals surface area contributed by atoms with Gasteiger partial charge in [-0.3, -0.25) is 4.79 Å². The van der Waals surface area contributed by atoms with E-state index in [1.807, 2.05) is 0 Å². The third kappa shape index (κ3) is 1.79. The summed E-state index contributed by atoms with van der Waals surface area (Å²) in [5, 5.41) is 18.8. The summed E-state index contributed by atoms with van der Waals surface area (Å²) in [5.74, 6) is -0.522. The summed E-state index contributed by atoms with van der Waals surface area (Å²) in [6.07, 6.45) is -1.24. The molecule has 2 N–H and O–H groups in total. The highest BCUT2D eigenvalue weighted by Gasteiger charge is 2.31. The molecule has 1 aromatic rings. The van der Waals surface area contributed by atoms with Crippen molar-refractivity contribution in [2.24, 2.45) is 0 Å². The van der Waals surface area contributed by atoms with Crippen LogP contribution in [0.3, 0.4) is 0 Å². The van der Waals surface area contributed by atoms with E-state index in [0.29, 0.717) is 6.29 Å². The van der Waals surface area contributed by atoms with Crippen molar-refractivity contribution in [1.29, 1.82) is 0 Å². The fourth-order valence-corrected chi connectivity index (χ4v) is 1.91. The molecule has 0 saturated carbocycles. The maximum absolute atomic E-state index is 13.6. The van der Waals surface area contributed by atoms with Gasteiger partial charge in [0.05, 0.1) is 17.9 Å². The first-order valence-corrected chi connectivity index (χ1v) is 4.98. The van der Waals surface area contributed by atoms with E-state index < -0.39 is 18.0 Å². The minimum Gasteiger partial charge on any atom is -0.389 e. The number of aliphatic hydroxyl groups excluding tert-OH is 2. The predicted molar refractivity (Wildman–Crippen MR) is 56.0 cm³/mol. The van der Waals surface area contributed by atoms with Crippen LogP contribution in [0.25, 0.3) is 0 Å². The monoisotopic (exact) mass is 225 g/mol. The van der Waals surface area contributed by atoms with E-state index >= 15 is 0 Å². The Bertz CT molecular complexity index is 400. The molecule has 1 aliphatic rings. The lowest BCUT2D eigenvalue weighted by molar-refractivity contribution is 0.0572. The number of anilines is 1. The number of benzene rings is 1. The summed E-state index contributed by atoms with van der Waals surface area (Å²) in [5.41, 5.74) is 0.370. The Morgan fingerprint density at radius 1 is 1.31 bits per heavy atom. The molecule has 86 valence electrons. The van der Waals surface area contributed by atoms with E-state index in [1.165, 1.54) is 23.1 Å². The fourth-order valence-electron chi connectivity index (χ4n) is 1.91. The van der Waals surface area contributed by atoms with Gasteiger partial charge in [-0.2, -0.15) is 0 Å². The molecule has 1 aromatic carbocycles. The lowest BCUT2D eigenvalue weighted by atomic mass is 10.1. The summed E-state index contributed by atoms with van der Waals surface area (Å²) in [7, 11) is 0. The molecule has 0 aliphatic carbocycles. The average Bonchev–Trinajstić information content (AvgIpc) is 2.58. The van der Waals surface area contributed by atoms with Gasteiger partial charge >= 0.3 is 0 Å². The molecule has 1 heterocycles. The second-order valence-corrected chi connectivity index (χ2v) is 3.84. The molecule has 4 nitrogen and oxygen atoms in total. The number of nitrogens with zero attached hydrogens (tertiary/aromatic N) is 1. The van der Waals surface area contributed by atoms with Crippen LogP contribution in [0.15, 0.2) is 18.2 Å². The molecule has 0 bridgehead atoms. The van der Waals surface area contributed by atoms with Crippen LogP contribution in [-0.4, -0.2) is 41.8 Å². The van der Waals surface area contributed by atoms with Crippen LogP contribution in [0, 0.1) is 5.82 Å². The molecule has 0 aromatic heterocycles. The quantitative estimate of drug-likeness (QED) is 0.705. The smallest absolute Gasteiger partial charge is 0.152 e. The average molecular weight is 225 g/mol. The molecular weight excluding hydrogens is 213 g/mol. The van der Waals surface area contributed by atoms with Crippen molar-refractivity contribution in [3.8, 4) is 0 Å². The summed E-state index contributed by atoms with van der Waals surface area (Å²) < 4.78 is 13.6. The third-order valence-electron chi connectivity index (χ3n) is 2.72. The number of hydrogen-bond donors (Lipinski definition) is 2. The molecule has 2 rings (SSSR count). The maximum Gasteiger partial charge on any atom is 0.152 e. The third-order valence-corrected chi connectivity index (χ3v) is 2.72. The van der Waals surface area contributed by atoms with E-state index in [1.54, 1.807) is 0 Å². The van der Waals surface area contributed by atoms with Crippen molar-refractivity contribution in [1.82, 2.24) is 0 Å². The van der Waals surface area contributed by atoms with Crippen molar-refractivity contribution < 1.29 is 19.4 Å². The maximum atomic E-state index is 13.6. The molecular formula is C11H12FNO3. The van der Waals surface area contributed by atoms with E-state index in [-0.39, 0.29) is 24.3 Å². The SMILES string of the molecule is O=Cc1cccc(F)c1N1CC(O)C(O)C1. The standard InChI is InChI=1S/C11H12FNO3/c12-8-3-1-2-7(6-14)11(8)13-4-9(15)10(16)5-13/h1-3,6,9-10,15-16H,4-5H2. The van der Waals surface area contributed by atoms with Crippen LogP contribution in [0.2, 0.25) is 0 Å². The molecule has 2 unspecified atom stereocenters. The van der Waals surface area contributed by atoms with Gasteiger partial charge in [0.1, 0.15) is 5.82 Å². The largest absolute Gasteiger partial charge is 0.389 e. The van der Waals surface area contributed by atoms with Gasteiger partial charge in [0.15, 0.2) is 6.29 Å². The molecule has 1 fully saturated rings. The zero-order chi connectivity index (χ0) is 11.7. The minimum absolute atomic E-state index is 0.128. The van der Waals surface area contributed by atoms with Gasteiger partial charge in [-0.05, 0) is 12.1 Å². The van der Waals surface area contributed by atoms with E-state index in [0.717, 1.165) is 0 Å². The highest BCUT2D eigenvalue weighted by Crippen LogP contribution is 2.27. The Hall–Kier alpha value is -1.46. The van der Waals surface area contributed by atoms with Crippen molar-refractivity contribution in [2.45, 2.75) is 12.2 Å². The van der Waals surface area contributed by atoms with Crippen LogP contribution in [0.1, 0.15) is 10.4 Å². The van der Waals surface area contributed by atoms with E-state index in [4.69, 9.17) is 0 Å². The van der Waals surface area contributed by atoms with Crippen LogP contribution in [0.5, 0.6) is 0 Å². The molecule has 1 saturated heterocycles. The minimum atomic E-state index is -0.904. The fraction of sp³-hybridized carbons (Fsp3) is 0.364. The number of aldehydes is 1. The zero-order valence-electron chi connectivity index (χ0n) is 8.51. The number of β-amino-alcohol motifs (C(OH)–C–C–N with tert-alkyl or cyclic N) is 2. The normalized spacial score (nSPS) is 24.8. The van der Waals surface area contributed by atoms with Gasteiger partial charge in [-0.1, -0.05) is 6.07 Å². The molecule has 0 spiro atoms. The number of rotatable bonds is 2. The van der Waals surface area contributed by atoms with Gasteiger partial charge in [0.25, 0.3) is 0 Å². The number of carbonyl (C=O) groups excluding carboxylic acids is 1. The van der Waals surface area contributed by atoms with Crippen molar-refractivity contribution in [2.75, 3.05) is 18.0 Å². The van der Waals surface area contributed by atoms with Crippen molar-refractivity contribution in [3.63, 3.8) is 0 Å². The molecule has 1 aliphatic heterocycles. The van der Waals surface area contributed by atoms with Gasteiger partial charge in [0.2, 0.25) is 0 Å². The van der Waals surface area contributed by atoms with Crippen LogP contribution in [-0.2, 0) is 0 Å². The second kappa shape index (κ2) is 4.19. The summed E-state index contributed by atoms with van der Waals surface area (Å²) in [6, 6.07) is 4.20. The number of hydrogen-bond acceptors (Lipinski definition) is 4. The first kappa shape index (κ1) is 11.0. The lowest BCUT2D eigenvalue weighted by Crippen LogP contribution is -2.23. The first-order chi connectivity index (χ1) is 7.63. The highest BCUT2D eigenvalue weighted by molar-refractivity contribution is 5.85. The van der Waals surface area contributed by atoms with Gasteiger partial charge in [-0.15, -0.1) is 0 Å². The highest BCUT2D eigenvalue weighted by atomic mass is 19.1. The van der Waals surface area contributed by atoms with Crippen LogP contribution >= 0.6 is 0 Å². The number of carbonyl (C=O) groups is 1. The molecule has 0 radical (unpaired) electrons. The lowest BCUT2D eigenvalue weighted by Gasteiger charge is -2.19. The van der Waals surface area contributed by atoms with E-state index in [2.05, 4.69) is 0 Å². The molecule has 2 atom stereocenters. The van der Waals surface area contributed by atoms with Crippen LogP contribution < -0.4 is 4.90 Å². The van der Waals surface area contributed by atoms with Gasteiger partial charge < -0.3 is 15.1 Å². The Labute approximate surface area is 91.9 Å². The molecule has 16 heavy (non-hydrogen) atoms. The summed E-state index contributed by atoms with van der Waals surface area (Å²) in [4.78, 5) is 12.3. The molecule has 0 amide bonds. The number of para-hydroxylation sites is 1. The predicted octanol–water partition coefficient (Wildman–Crippen LogP) is 0.180. The zero-order valence-corrected chi connectivity index (χ0v) is 8.51. The Morgan fingerprint density at radius 3 is 2.50 bits per heavy atom. The molecule has 5 heteroatoms. The van der Waals surface area contributed by atoms with E-state index in [9.17, 15) is 19.4 Å². The van der Waals surface area contributed by atoms with Crippen molar-refractivity contribution >= 4 is 12.0 Å². The topological polar surface area (TPSA) is 60.8 Å². The van der Waals surface area contributed by atoms with Gasteiger partial charge in [0, 0.05) is 18.7 Å². The van der Waals surface area contributed by atoms with Crippen molar-refractivity contribution in [3.05, 3.63) is 29.6 Å².